The van der Waals surface area contributed by atoms with Gasteiger partial charge in [-0.25, -0.2) is 0 Å². The third kappa shape index (κ3) is 2.52. The van der Waals surface area contributed by atoms with Crippen LogP contribution in [0.2, 0.25) is 10.0 Å². The fourth-order valence-electron chi connectivity index (χ4n) is 5.04. The number of Topliss-reactive ketones (excluding diaryl/α,β-unsaturated/α-hetero) is 1. The molecule has 0 bridgehead atoms. The molecule has 5 rings (SSSR count). The van der Waals surface area contributed by atoms with Gasteiger partial charge in [0.1, 0.15) is 17.3 Å². The van der Waals surface area contributed by atoms with Crippen LogP contribution in [0.25, 0.3) is 0 Å². The number of anilines is 2. The van der Waals surface area contributed by atoms with Crippen LogP contribution in [0.4, 0.5) is 11.4 Å². The lowest BCUT2D eigenvalue weighted by Crippen LogP contribution is -2.50. The Labute approximate surface area is 194 Å². The second kappa shape index (κ2) is 7.13. The summed E-state index contributed by atoms with van der Waals surface area (Å²) in [5, 5.41) is 13.7. The van der Waals surface area contributed by atoms with Gasteiger partial charge in [0, 0.05) is 28.9 Å². The summed E-state index contributed by atoms with van der Waals surface area (Å²) in [7, 11) is 0. The summed E-state index contributed by atoms with van der Waals surface area (Å²) in [4.78, 5) is 28.6. The minimum absolute atomic E-state index is 0.00407. The van der Waals surface area contributed by atoms with E-state index in [4.69, 9.17) is 28.9 Å². The van der Waals surface area contributed by atoms with Crippen molar-refractivity contribution in [2.45, 2.75) is 31.6 Å². The van der Waals surface area contributed by atoms with E-state index < -0.39 is 11.3 Å². The van der Waals surface area contributed by atoms with Crippen LogP contribution in [-0.4, -0.2) is 11.7 Å². The van der Waals surface area contributed by atoms with Gasteiger partial charge in [0.25, 0.3) is 0 Å². The van der Waals surface area contributed by atoms with Crippen LogP contribution in [0, 0.1) is 18.3 Å². The van der Waals surface area contributed by atoms with Crippen molar-refractivity contribution in [3.63, 3.8) is 0 Å². The Morgan fingerprint density at radius 3 is 2.72 bits per heavy atom. The van der Waals surface area contributed by atoms with Gasteiger partial charge in [-0.3, -0.25) is 14.5 Å². The van der Waals surface area contributed by atoms with Gasteiger partial charge < -0.3 is 11.1 Å². The molecule has 1 atom stereocenters. The lowest BCUT2D eigenvalue weighted by Gasteiger charge is -2.43. The van der Waals surface area contributed by atoms with Crippen molar-refractivity contribution in [3.8, 4) is 6.07 Å². The number of carbonyl (C=O) groups is 2. The van der Waals surface area contributed by atoms with Gasteiger partial charge in [-0.15, -0.1) is 0 Å². The third-order valence-electron chi connectivity index (χ3n) is 6.35. The number of ketones is 1. The average Bonchev–Trinajstić information content (AvgIpc) is 3.03. The Kier molecular flexibility index (Phi) is 4.59. The number of carbonyl (C=O) groups excluding carboxylic acids is 2. The number of amides is 1. The van der Waals surface area contributed by atoms with E-state index in [2.05, 4.69) is 11.4 Å². The molecule has 160 valence electrons. The Bertz CT molecular complexity index is 1340. The van der Waals surface area contributed by atoms with E-state index in [-0.39, 0.29) is 34.2 Å². The summed E-state index contributed by atoms with van der Waals surface area (Å²) in [6.07, 6.45) is 1.38. The number of hydrogen-bond acceptors (Lipinski definition) is 5. The van der Waals surface area contributed by atoms with Crippen molar-refractivity contribution in [1.82, 2.24) is 0 Å². The van der Waals surface area contributed by atoms with E-state index in [0.29, 0.717) is 40.5 Å². The van der Waals surface area contributed by atoms with Gasteiger partial charge in [0.2, 0.25) is 5.91 Å². The summed E-state index contributed by atoms with van der Waals surface area (Å²) < 4.78 is 0. The van der Waals surface area contributed by atoms with Gasteiger partial charge in [0.05, 0.1) is 21.3 Å². The fourth-order valence-corrected chi connectivity index (χ4v) is 5.42. The summed E-state index contributed by atoms with van der Waals surface area (Å²) in [5.74, 6) is -0.564. The highest BCUT2D eigenvalue weighted by Gasteiger charge is 2.60. The van der Waals surface area contributed by atoms with Gasteiger partial charge in [-0.05, 0) is 38.0 Å². The lowest BCUT2D eigenvalue weighted by atomic mass is 9.63. The number of nitrogens with two attached hydrogens (primary N) is 1. The van der Waals surface area contributed by atoms with Gasteiger partial charge >= 0.3 is 0 Å². The predicted octanol–water partition coefficient (Wildman–Crippen LogP) is 4.71. The number of nitrogens with zero attached hydrogens (tertiary/aromatic N) is 2. The zero-order valence-electron chi connectivity index (χ0n) is 17.1. The van der Waals surface area contributed by atoms with E-state index in [0.717, 1.165) is 5.56 Å². The van der Waals surface area contributed by atoms with Crippen LogP contribution in [0.15, 0.2) is 59.1 Å². The summed E-state index contributed by atoms with van der Waals surface area (Å²) in [5.41, 5.74) is 8.39. The van der Waals surface area contributed by atoms with Gasteiger partial charge in [-0.2, -0.15) is 5.26 Å². The van der Waals surface area contributed by atoms with Gasteiger partial charge in [0.15, 0.2) is 5.78 Å². The molecule has 2 aliphatic heterocycles. The van der Waals surface area contributed by atoms with Crippen molar-refractivity contribution in [2.75, 3.05) is 10.2 Å². The van der Waals surface area contributed by atoms with Crippen LogP contribution < -0.4 is 16.0 Å². The molecule has 1 aliphatic carbocycles. The monoisotopic (exact) mass is 464 g/mol. The molecule has 1 amide bonds. The zero-order valence-corrected chi connectivity index (χ0v) is 18.6. The Hall–Kier alpha value is -3.27. The van der Waals surface area contributed by atoms with Crippen molar-refractivity contribution in [2.24, 2.45) is 5.73 Å². The summed E-state index contributed by atoms with van der Waals surface area (Å²) >= 11 is 12.8. The first-order valence-electron chi connectivity index (χ1n) is 10.2. The quantitative estimate of drug-likeness (QED) is 0.636. The maximum atomic E-state index is 13.6. The normalized spacial score (nSPS) is 22.1. The number of nitriles is 1. The van der Waals surface area contributed by atoms with Crippen LogP contribution in [-0.2, 0) is 15.0 Å². The lowest BCUT2D eigenvalue weighted by molar-refractivity contribution is -0.122. The smallest absolute Gasteiger partial charge is 0.245 e. The number of allylic oxidation sites excluding steroid dienone is 1. The first kappa shape index (κ1) is 20.6. The Balaban J connectivity index is 1.91. The van der Waals surface area contributed by atoms with E-state index in [9.17, 15) is 14.9 Å². The fraction of sp³-hybridized carbons (Fsp3) is 0.208. The molecule has 0 radical (unpaired) electrons. The Morgan fingerprint density at radius 1 is 1.19 bits per heavy atom. The number of hydrogen-bond donors (Lipinski definition) is 2. The highest BCUT2D eigenvalue weighted by molar-refractivity contribution is 6.43. The molecule has 32 heavy (non-hydrogen) atoms. The number of benzene rings is 2. The molecule has 0 saturated carbocycles. The molecule has 6 nitrogen and oxygen atoms in total. The Morgan fingerprint density at radius 2 is 1.97 bits per heavy atom. The zero-order chi connectivity index (χ0) is 22.8. The number of fused-ring (bicyclic) bond motifs is 3. The van der Waals surface area contributed by atoms with Crippen LogP contribution in [0.1, 0.15) is 30.4 Å². The number of halogens is 2. The molecule has 8 heteroatoms. The number of aryl methyl sites for hydroxylation is 1. The van der Waals surface area contributed by atoms with Crippen LogP contribution >= 0.6 is 23.2 Å². The maximum absolute atomic E-state index is 13.6. The minimum Gasteiger partial charge on any atom is -0.384 e. The molecule has 1 spiro atoms. The highest BCUT2D eigenvalue weighted by atomic mass is 35.5. The molecule has 2 aromatic carbocycles. The number of nitrogens with one attached hydrogen (secondary N) is 1. The summed E-state index contributed by atoms with van der Waals surface area (Å²) in [6, 6.07) is 12.7. The first-order valence-corrected chi connectivity index (χ1v) is 10.9. The van der Waals surface area contributed by atoms with Gasteiger partial charge in [-0.1, -0.05) is 47.0 Å². The maximum Gasteiger partial charge on any atom is 0.245 e. The van der Waals surface area contributed by atoms with Crippen molar-refractivity contribution < 1.29 is 9.59 Å². The molecule has 3 aliphatic rings. The molecule has 0 unspecified atom stereocenters. The van der Waals surface area contributed by atoms with Crippen molar-refractivity contribution in [3.05, 3.63) is 80.2 Å². The highest BCUT2D eigenvalue weighted by Crippen LogP contribution is 2.55. The first-order chi connectivity index (χ1) is 15.3. The molecular weight excluding hydrogens is 447 g/mol. The molecular formula is C24H18Cl2N4O2. The standard InChI is InChI=1S/C24H18Cl2N4O2/c1-12-8-9-16-13(10-12)24(23(32)29-16)14(11-27)22(28)30(17-5-3-7-19(31)20(17)24)18-6-2-4-15(25)21(18)26/h2,4,6,8-10H,3,5,7,28H2,1H3,(H,29,32)/t24-/m1/s1. The molecule has 0 saturated heterocycles. The van der Waals surface area contributed by atoms with E-state index in [1.165, 1.54) is 0 Å². The average molecular weight is 465 g/mol. The van der Waals surface area contributed by atoms with Crippen molar-refractivity contribution in [1.29, 1.82) is 5.26 Å². The topological polar surface area (TPSA) is 99.2 Å². The van der Waals surface area contributed by atoms with E-state index in [1.807, 2.05) is 19.1 Å². The van der Waals surface area contributed by atoms with Crippen molar-refractivity contribution >= 4 is 46.3 Å². The second-order valence-corrected chi connectivity index (χ2v) is 8.92. The second-order valence-electron chi connectivity index (χ2n) is 8.13. The number of rotatable bonds is 1. The largest absolute Gasteiger partial charge is 0.384 e. The van der Waals surface area contributed by atoms with E-state index >= 15 is 0 Å². The SMILES string of the molecule is Cc1ccc2c(c1)[C@@]1(C(=O)N2)C(C#N)=C(N)N(c2cccc(Cl)c2Cl)C2=C1C(=O)CCC2. The summed E-state index contributed by atoms with van der Waals surface area (Å²) in [6.45, 7) is 1.90. The molecule has 2 heterocycles. The third-order valence-corrected chi connectivity index (χ3v) is 7.16. The van der Waals surface area contributed by atoms with Crippen LogP contribution in [0.3, 0.4) is 0 Å². The molecule has 0 aromatic heterocycles. The van der Waals surface area contributed by atoms with E-state index in [1.54, 1.807) is 29.2 Å². The molecule has 2 aromatic rings. The molecule has 3 N–H and O–H groups in total. The van der Waals surface area contributed by atoms with Crippen LogP contribution in [0.5, 0.6) is 0 Å². The minimum atomic E-state index is -1.59. The predicted molar refractivity (Wildman–Crippen MR) is 123 cm³/mol. The molecule has 0 fully saturated rings.